The second-order valence-electron chi connectivity index (χ2n) is 5.02. The first-order valence-corrected chi connectivity index (χ1v) is 6.86. The first kappa shape index (κ1) is 12.1. The number of pyridine rings is 1. The maximum atomic E-state index is 4.64. The summed E-state index contributed by atoms with van der Waals surface area (Å²) in [5.74, 6) is 0. The van der Waals surface area contributed by atoms with E-state index in [2.05, 4.69) is 53.3 Å². The molecule has 1 aromatic carbocycles. The van der Waals surface area contributed by atoms with Crippen molar-refractivity contribution in [2.24, 2.45) is 4.99 Å². The Labute approximate surface area is 114 Å². The fourth-order valence-electron chi connectivity index (χ4n) is 2.72. The number of hydrogen-bond acceptors (Lipinski definition) is 2. The molecular weight excluding hydrogens is 232 g/mol. The van der Waals surface area contributed by atoms with Crippen molar-refractivity contribution in [2.45, 2.75) is 26.2 Å². The lowest BCUT2D eigenvalue weighted by Crippen LogP contribution is -2.07. The molecule has 0 bridgehead atoms. The molecule has 19 heavy (non-hydrogen) atoms. The van der Waals surface area contributed by atoms with Gasteiger partial charge in [0.15, 0.2) is 0 Å². The zero-order valence-electron chi connectivity index (χ0n) is 11.3. The van der Waals surface area contributed by atoms with Gasteiger partial charge in [-0.3, -0.25) is 9.98 Å². The highest BCUT2D eigenvalue weighted by Crippen LogP contribution is 2.21. The smallest absolute Gasteiger partial charge is 0.0540 e. The van der Waals surface area contributed by atoms with Crippen molar-refractivity contribution in [1.82, 2.24) is 4.98 Å². The van der Waals surface area contributed by atoms with Crippen LogP contribution >= 0.6 is 0 Å². The van der Waals surface area contributed by atoms with Gasteiger partial charge in [-0.1, -0.05) is 30.3 Å². The quantitative estimate of drug-likeness (QED) is 0.801. The van der Waals surface area contributed by atoms with Crippen LogP contribution in [0.2, 0.25) is 0 Å². The van der Waals surface area contributed by atoms with E-state index in [0.717, 1.165) is 37.2 Å². The van der Waals surface area contributed by atoms with Gasteiger partial charge in [-0.2, -0.15) is 0 Å². The minimum atomic E-state index is 0.886. The van der Waals surface area contributed by atoms with E-state index in [0.29, 0.717) is 0 Å². The van der Waals surface area contributed by atoms with Gasteiger partial charge < -0.3 is 0 Å². The third-order valence-electron chi connectivity index (χ3n) is 3.65. The van der Waals surface area contributed by atoms with Gasteiger partial charge in [0, 0.05) is 30.4 Å². The highest BCUT2D eigenvalue weighted by molar-refractivity contribution is 6.01. The van der Waals surface area contributed by atoms with Crippen molar-refractivity contribution < 1.29 is 0 Å². The number of hydrogen-bond donors (Lipinski definition) is 0. The maximum Gasteiger partial charge on any atom is 0.0540 e. The van der Waals surface area contributed by atoms with E-state index in [4.69, 9.17) is 0 Å². The molecule has 0 atom stereocenters. The van der Waals surface area contributed by atoms with Gasteiger partial charge in [-0.25, -0.2) is 0 Å². The van der Waals surface area contributed by atoms with Crippen molar-refractivity contribution in [3.05, 3.63) is 65.0 Å². The second-order valence-corrected chi connectivity index (χ2v) is 5.02. The van der Waals surface area contributed by atoms with E-state index in [1.165, 1.54) is 16.7 Å². The monoisotopic (exact) mass is 250 g/mol. The maximum absolute atomic E-state index is 4.64. The number of rotatable bonds is 2. The molecule has 0 amide bonds. The van der Waals surface area contributed by atoms with Gasteiger partial charge in [-0.05, 0) is 37.0 Å². The van der Waals surface area contributed by atoms with Gasteiger partial charge in [0.1, 0.15) is 0 Å². The standard InChI is InChI=1S/C17H18N2/c1-13-17-15(8-5-10-18-13)9-11-19-16(17)12-14-6-3-2-4-7-14/h2-4,6-7,9,11H,5,8,10,12H2,1H3. The van der Waals surface area contributed by atoms with Crippen LogP contribution in [-0.2, 0) is 12.8 Å². The summed E-state index contributed by atoms with van der Waals surface area (Å²) in [5, 5.41) is 0. The van der Waals surface area contributed by atoms with E-state index in [-0.39, 0.29) is 0 Å². The summed E-state index contributed by atoms with van der Waals surface area (Å²) >= 11 is 0. The molecule has 2 nitrogen and oxygen atoms in total. The Balaban J connectivity index is 2.03. The second kappa shape index (κ2) is 5.35. The molecule has 3 rings (SSSR count). The molecule has 2 aromatic rings. The van der Waals surface area contributed by atoms with Crippen LogP contribution < -0.4 is 0 Å². The number of fused-ring (bicyclic) bond motifs is 1. The predicted octanol–water partition coefficient (Wildman–Crippen LogP) is 3.43. The molecule has 1 aromatic heterocycles. The van der Waals surface area contributed by atoms with Gasteiger partial charge in [0.25, 0.3) is 0 Å². The van der Waals surface area contributed by atoms with Gasteiger partial charge in [0.2, 0.25) is 0 Å². The van der Waals surface area contributed by atoms with E-state index < -0.39 is 0 Å². The predicted molar refractivity (Wildman–Crippen MR) is 78.9 cm³/mol. The first-order valence-electron chi connectivity index (χ1n) is 6.86. The van der Waals surface area contributed by atoms with Crippen LogP contribution in [0.15, 0.2) is 47.6 Å². The minimum absolute atomic E-state index is 0.886. The van der Waals surface area contributed by atoms with Crippen molar-refractivity contribution in [3.63, 3.8) is 0 Å². The Hall–Kier alpha value is -1.96. The lowest BCUT2D eigenvalue weighted by molar-refractivity contribution is 0.841. The number of benzene rings is 1. The number of aliphatic imine (C=N–C) groups is 1. The summed E-state index contributed by atoms with van der Waals surface area (Å²) in [6.07, 6.45) is 5.08. The molecule has 0 unspecified atom stereocenters. The van der Waals surface area contributed by atoms with Gasteiger partial charge in [0.05, 0.1) is 5.69 Å². The summed E-state index contributed by atoms with van der Waals surface area (Å²) < 4.78 is 0. The Kier molecular flexibility index (Phi) is 3.41. The molecule has 1 aliphatic rings. The third kappa shape index (κ3) is 2.58. The number of aromatic nitrogens is 1. The molecule has 96 valence electrons. The SMILES string of the molecule is CC1=NCCCc2ccnc(Cc3ccccc3)c21. The molecule has 1 aliphatic heterocycles. The van der Waals surface area contributed by atoms with E-state index in [9.17, 15) is 0 Å². The lowest BCUT2D eigenvalue weighted by Gasteiger charge is -2.11. The van der Waals surface area contributed by atoms with Crippen molar-refractivity contribution in [1.29, 1.82) is 0 Å². The zero-order chi connectivity index (χ0) is 13.1. The van der Waals surface area contributed by atoms with Crippen LogP contribution in [0.5, 0.6) is 0 Å². The van der Waals surface area contributed by atoms with Crippen LogP contribution in [0.25, 0.3) is 0 Å². The highest BCUT2D eigenvalue weighted by Gasteiger charge is 2.15. The topological polar surface area (TPSA) is 25.2 Å². The molecular formula is C17H18N2. The normalized spacial score (nSPS) is 14.5. The van der Waals surface area contributed by atoms with Crippen molar-refractivity contribution >= 4 is 5.71 Å². The minimum Gasteiger partial charge on any atom is -0.289 e. The van der Waals surface area contributed by atoms with E-state index in [1.54, 1.807) is 0 Å². The van der Waals surface area contributed by atoms with Crippen LogP contribution in [0.1, 0.15) is 35.7 Å². The van der Waals surface area contributed by atoms with Crippen molar-refractivity contribution in [3.8, 4) is 0 Å². The summed E-state index contributed by atoms with van der Waals surface area (Å²) in [6, 6.07) is 12.7. The molecule has 0 fully saturated rings. The van der Waals surface area contributed by atoms with Gasteiger partial charge in [-0.15, -0.1) is 0 Å². The van der Waals surface area contributed by atoms with Gasteiger partial charge >= 0.3 is 0 Å². The van der Waals surface area contributed by atoms with Crippen LogP contribution in [-0.4, -0.2) is 17.2 Å². The molecule has 2 heteroatoms. The molecule has 0 saturated carbocycles. The Morgan fingerprint density at radius 2 is 1.95 bits per heavy atom. The fourth-order valence-corrected chi connectivity index (χ4v) is 2.72. The summed E-state index contributed by atoms with van der Waals surface area (Å²) in [6.45, 7) is 3.05. The summed E-state index contributed by atoms with van der Waals surface area (Å²) in [7, 11) is 0. The largest absolute Gasteiger partial charge is 0.289 e. The Morgan fingerprint density at radius 1 is 1.11 bits per heavy atom. The molecule has 0 aliphatic carbocycles. The van der Waals surface area contributed by atoms with E-state index >= 15 is 0 Å². The molecule has 0 saturated heterocycles. The number of nitrogens with zero attached hydrogens (tertiary/aromatic N) is 2. The van der Waals surface area contributed by atoms with Crippen LogP contribution in [0.4, 0.5) is 0 Å². The van der Waals surface area contributed by atoms with Crippen LogP contribution in [0, 0.1) is 0 Å². The fraction of sp³-hybridized carbons (Fsp3) is 0.294. The average Bonchev–Trinajstić information content (AvgIpc) is 2.63. The lowest BCUT2D eigenvalue weighted by atomic mass is 9.96. The third-order valence-corrected chi connectivity index (χ3v) is 3.65. The summed E-state index contributed by atoms with van der Waals surface area (Å²) in [5.41, 5.74) is 6.29. The van der Waals surface area contributed by atoms with Crippen LogP contribution in [0.3, 0.4) is 0 Å². The summed E-state index contributed by atoms with van der Waals surface area (Å²) in [4.78, 5) is 9.24. The first-order chi connectivity index (χ1) is 9.34. The highest BCUT2D eigenvalue weighted by atomic mass is 14.8. The van der Waals surface area contributed by atoms with Crippen molar-refractivity contribution in [2.75, 3.05) is 6.54 Å². The molecule has 0 radical (unpaired) electrons. The van der Waals surface area contributed by atoms with E-state index in [1.807, 2.05) is 6.20 Å². The molecule has 2 heterocycles. The molecule has 0 spiro atoms. The zero-order valence-corrected chi connectivity index (χ0v) is 11.3. The number of aryl methyl sites for hydroxylation is 1. The Bertz CT molecular complexity index is 600. The average molecular weight is 250 g/mol. The molecule has 0 N–H and O–H groups in total. The Morgan fingerprint density at radius 3 is 2.79 bits per heavy atom.